The molecule has 4 heteroatoms. The average molecular weight is 264 g/mol. The van der Waals surface area contributed by atoms with Gasteiger partial charge in [-0.25, -0.2) is 4.68 Å². The molecule has 0 radical (unpaired) electrons. The minimum Gasteiger partial charge on any atom is -0.309 e. The second-order valence-electron chi connectivity index (χ2n) is 5.77. The fraction of sp³-hybridized carbons (Fsp3) is 0.867. The van der Waals surface area contributed by atoms with Gasteiger partial charge in [-0.3, -0.25) is 0 Å². The summed E-state index contributed by atoms with van der Waals surface area (Å²) < 4.78 is 2.09. The summed E-state index contributed by atoms with van der Waals surface area (Å²) in [7, 11) is 0. The normalized spacial score (nSPS) is 18.0. The van der Waals surface area contributed by atoms with Crippen LogP contribution in [0.2, 0.25) is 0 Å². The van der Waals surface area contributed by atoms with Gasteiger partial charge in [0.1, 0.15) is 0 Å². The van der Waals surface area contributed by atoms with Gasteiger partial charge in [-0.2, -0.15) is 0 Å². The van der Waals surface area contributed by atoms with Crippen LogP contribution in [0.5, 0.6) is 0 Å². The number of nitrogens with one attached hydrogen (secondary N) is 1. The van der Waals surface area contributed by atoms with Crippen molar-refractivity contribution in [1.82, 2.24) is 20.3 Å². The van der Waals surface area contributed by atoms with Crippen LogP contribution in [0.1, 0.15) is 70.5 Å². The van der Waals surface area contributed by atoms with Crippen LogP contribution in [0.4, 0.5) is 0 Å². The molecule has 1 fully saturated rings. The summed E-state index contributed by atoms with van der Waals surface area (Å²) in [6.07, 6.45) is 11.1. The van der Waals surface area contributed by atoms with Crippen molar-refractivity contribution in [3.05, 3.63) is 11.9 Å². The summed E-state index contributed by atoms with van der Waals surface area (Å²) in [6.45, 7) is 6.47. The third-order valence-electron chi connectivity index (χ3n) is 4.12. The lowest BCUT2D eigenvalue weighted by atomic mass is 9.96. The summed E-state index contributed by atoms with van der Waals surface area (Å²) in [5.74, 6) is 0.888. The van der Waals surface area contributed by atoms with Crippen molar-refractivity contribution in [1.29, 1.82) is 0 Å². The Morgan fingerprint density at radius 1 is 1.32 bits per heavy atom. The van der Waals surface area contributed by atoms with Crippen LogP contribution in [0.15, 0.2) is 6.20 Å². The lowest BCUT2D eigenvalue weighted by molar-refractivity contribution is 0.373. The van der Waals surface area contributed by atoms with Crippen molar-refractivity contribution in [3.63, 3.8) is 0 Å². The molecule has 1 aromatic heterocycles. The molecule has 1 saturated carbocycles. The monoisotopic (exact) mass is 264 g/mol. The van der Waals surface area contributed by atoms with Gasteiger partial charge in [0.2, 0.25) is 0 Å². The molecule has 0 saturated heterocycles. The van der Waals surface area contributed by atoms with E-state index in [9.17, 15) is 0 Å². The zero-order valence-electron chi connectivity index (χ0n) is 12.4. The molecule has 1 N–H and O–H groups in total. The van der Waals surface area contributed by atoms with Crippen LogP contribution in [0.3, 0.4) is 0 Å². The predicted octanol–water partition coefficient (Wildman–Crippen LogP) is 3.31. The van der Waals surface area contributed by atoms with Crippen molar-refractivity contribution in [2.45, 2.75) is 71.4 Å². The second kappa shape index (κ2) is 7.63. The zero-order chi connectivity index (χ0) is 13.5. The standard InChI is InChI=1S/C15H28N4/c1-3-9-16-14(11-13-7-5-6-8-13)15-12-17-18-19(15)10-4-2/h12-14,16H,3-11H2,1-2H3. The molecule has 1 aliphatic carbocycles. The topological polar surface area (TPSA) is 42.7 Å². The van der Waals surface area contributed by atoms with E-state index in [1.165, 1.54) is 44.2 Å². The van der Waals surface area contributed by atoms with Gasteiger partial charge in [0.25, 0.3) is 0 Å². The molecule has 0 bridgehead atoms. The molecule has 4 nitrogen and oxygen atoms in total. The lowest BCUT2D eigenvalue weighted by Crippen LogP contribution is -2.26. The molecule has 2 rings (SSSR count). The molecule has 1 unspecified atom stereocenters. The Kier molecular flexibility index (Phi) is 5.83. The van der Waals surface area contributed by atoms with E-state index in [0.29, 0.717) is 6.04 Å². The molecule has 1 aliphatic rings. The van der Waals surface area contributed by atoms with Gasteiger partial charge in [0.15, 0.2) is 0 Å². The Morgan fingerprint density at radius 3 is 2.79 bits per heavy atom. The Bertz CT molecular complexity index is 355. The van der Waals surface area contributed by atoms with Gasteiger partial charge in [-0.05, 0) is 31.7 Å². The molecule has 0 spiro atoms. The number of hydrogen-bond donors (Lipinski definition) is 1. The van der Waals surface area contributed by atoms with E-state index in [1.54, 1.807) is 0 Å². The molecule has 108 valence electrons. The number of hydrogen-bond acceptors (Lipinski definition) is 3. The highest BCUT2D eigenvalue weighted by molar-refractivity contribution is 5.03. The van der Waals surface area contributed by atoms with Gasteiger partial charge in [-0.1, -0.05) is 44.7 Å². The van der Waals surface area contributed by atoms with Crippen LogP contribution in [0.25, 0.3) is 0 Å². The third-order valence-corrected chi connectivity index (χ3v) is 4.12. The van der Waals surface area contributed by atoms with Crippen LogP contribution in [-0.4, -0.2) is 21.5 Å². The molecule has 1 aromatic rings. The van der Waals surface area contributed by atoms with Gasteiger partial charge < -0.3 is 5.32 Å². The summed E-state index contributed by atoms with van der Waals surface area (Å²) in [4.78, 5) is 0. The fourth-order valence-electron chi connectivity index (χ4n) is 3.13. The van der Waals surface area contributed by atoms with Crippen molar-refractivity contribution in [2.75, 3.05) is 6.54 Å². The summed E-state index contributed by atoms with van der Waals surface area (Å²) in [5.41, 5.74) is 1.28. The molecule has 0 amide bonds. The number of aryl methyl sites for hydroxylation is 1. The quantitative estimate of drug-likeness (QED) is 0.783. The first-order valence-corrected chi connectivity index (χ1v) is 7.96. The summed E-state index contributed by atoms with van der Waals surface area (Å²) >= 11 is 0. The highest BCUT2D eigenvalue weighted by Crippen LogP contribution is 2.32. The van der Waals surface area contributed by atoms with Crippen LogP contribution in [-0.2, 0) is 6.54 Å². The molecule has 1 heterocycles. The highest BCUT2D eigenvalue weighted by Gasteiger charge is 2.23. The molecule has 1 atom stereocenters. The van der Waals surface area contributed by atoms with E-state index in [0.717, 1.165) is 25.4 Å². The highest BCUT2D eigenvalue weighted by atomic mass is 15.4. The first kappa shape index (κ1) is 14.5. The minimum atomic E-state index is 0.435. The van der Waals surface area contributed by atoms with Crippen LogP contribution < -0.4 is 5.32 Å². The van der Waals surface area contributed by atoms with E-state index >= 15 is 0 Å². The first-order valence-electron chi connectivity index (χ1n) is 7.96. The molecule has 19 heavy (non-hydrogen) atoms. The number of aromatic nitrogens is 3. The Balaban J connectivity index is 2.03. The molecular weight excluding hydrogens is 236 g/mol. The maximum absolute atomic E-state index is 4.24. The summed E-state index contributed by atoms with van der Waals surface area (Å²) in [6, 6.07) is 0.435. The number of rotatable bonds is 8. The maximum Gasteiger partial charge on any atom is 0.0756 e. The van der Waals surface area contributed by atoms with E-state index < -0.39 is 0 Å². The van der Waals surface area contributed by atoms with E-state index in [2.05, 4.69) is 34.2 Å². The van der Waals surface area contributed by atoms with Crippen LogP contribution >= 0.6 is 0 Å². The van der Waals surface area contributed by atoms with E-state index in [1.807, 2.05) is 6.20 Å². The largest absolute Gasteiger partial charge is 0.309 e. The lowest BCUT2D eigenvalue weighted by Gasteiger charge is -2.22. The maximum atomic E-state index is 4.24. The Morgan fingerprint density at radius 2 is 2.11 bits per heavy atom. The van der Waals surface area contributed by atoms with Gasteiger partial charge in [-0.15, -0.1) is 5.10 Å². The first-order chi connectivity index (χ1) is 9.35. The molecular formula is C15H28N4. The smallest absolute Gasteiger partial charge is 0.0756 e. The third kappa shape index (κ3) is 4.03. The second-order valence-corrected chi connectivity index (χ2v) is 5.77. The zero-order valence-corrected chi connectivity index (χ0v) is 12.4. The van der Waals surface area contributed by atoms with Crippen LogP contribution in [0, 0.1) is 5.92 Å². The van der Waals surface area contributed by atoms with E-state index in [-0.39, 0.29) is 0 Å². The van der Waals surface area contributed by atoms with Gasteiger partial charge >= 0.3 is 0 Å². The number of nitrogens with zero attached hydrogens (tertiary/aromatic N) is 3. The van der Waals surface area contributed by atoms with Gasteiger partial charge in [0, 0.05) is 6.54 Å². The van der Waals surface area contributed by atoms with Crippen molar-refractivity contribution in [2.24, 2.45) is 5.92 Å². The predicted molar refractivity (Wildman–Crippen MR) is 77.9 cm³/mol. The summed E-state index contributed by atoms with van der Waals surface area (Å²) in [5, 5.41) is 12.1. The Hall–Kier alpha value is -0.900. The SMILES string of the molecule is CCCNC(CC1CCCC1)c1cnnn1CCC. The van der Waals surface area contributed by atoms with Gasteiger partial charge in [0.05, 0.1) is 17.9 Å². The molecule has 0 aliphatic heterocycles. The minimum absolute atomic E-state index is 0.435. The fourth-order valence-corrected chi connectivity index (χ4v) is 3.13. The van der Waals surface area contributed by atoms with Crippen molar-refractivity contribution >= 4 is 0 Å². The Labute approximate surface area is 117 Å². The average Bonchev–Trinajstić information content (AvgIpc) is 3.06. The molecule has 0 aromatic carbocycles. The van der Waals surface area contributed by atoms with E-state index in [4.69, 9.17) is 0 Å². The van der Waals surface area contributed by atoms with Crippen molar-refractivity contribution in [3.8, 4) is 0 Å². The van der Waals surface area contributed by atoms with Crippen molar-refractivity contribution < 1.29 is 0 Å².